The van der Waals surface area contributed by atoms with Crippen molar-refractivity contribution < 1.29 is 4.79 Å². The van der Waals surface area contributed by atoms with E-state index >= 15 is 0 Å². The molecule has 1 aromatic rings. The summed E-state index contributed by atoms with van der Waals surface area (Å²) in [7, 11) is 0. The van der Waals surface area contributed by atoms with E-state index in [0.717, 1.165) is 37.3 Å². The number of carbonyl (C=O) groups is 1. The lowest BCUT2D eigenvalue weighted by atomic mass is 9.97. The third kappa shape index (κ3) is 1.93. The Morgan fingerprint density at radius 2 is 2.19 bits per heavy atom. The van der Waals surface area contributed by atoms with E-state index in [4.69, 9.17) is 0 Å². The van der Waals surface area contributed by atoms with Crippen molar-refractivity contribution in [2.75, 3.05) is 0 Å². The molecule has 0 amide bonds. The Hall–Kier alpha value is -1.05. The first-order chi connectivity index (χ1) is 7.84. The van der Waals surface area contributed by atoms with Crippen molar-refractivity contribution >= 4 is 5.78 Å². The summed E-state index contributed by atoms with van der Waals surface area (Å²) in [5.74, 6) is 1.37. The number of rotatable bonds is 4. The van der Waals surface area contributed by atoms with Crippen LogP contribution in [0.15, 0.2) is 12.3 Å². The Kier molecular flexibility index (Phi) is 2.58. The monoisotopic (exact) mass is 217 g/mol. The van der Waals surface area contributed by atoms with Crippen molar-refractivity contribution in [3.63, 3.8) is 0 Å². The maximum Gasteiger partial charge on any atom is 0.164 e. The average molecular weight is 217 g/mol. The molecule has 0 aliphatic heterocycles. The minimum absolute atomic E-state index is 0.349. The van der Waals surface area contributed by atoms with E-state index in [1.165, 1.54) is 31.4 Å². The Morgan fingerprint density at radius 3 is 3.00 bits per heavy atom. The number of hydrogen-bond acceptors (Lipinski definition) is 1. The predicted molar refractivity (Wildman–Crippen MR) is 63.7 cm³/mol. The maximum absolute atomic E-state index is 11.7. The molecule has 0 bridgehead atoms. The van der Waals surface area contributed by atoms with Crippen LogP contribution in [0.5, 0.6) is 0 Å². The smallest absolute Gasteiger partial charge is 0.164 e. The van der Waals surface area contributed by atoms with Crippen LogP contribution in [0.25, 0.3) is 0 Å². The van der Waals surface area contributed by atoms with Gasteiger partial charge in [0.25, 0.3) is 0 Å². The highest BCUT2D eigenvalue weighted by Crippen LogP contribution is 2.33. The quantitative estimate of drug-likeness (QED) is 0.759. The van der Waals surface area contributed by atoms with E-state index in [0.29, 0.717) is 5.78 Å². The van der Waals surface area contributed by atoms with Gasteiger partial charge in [0.15, 0.2) is 5.78 Å². The summed E-state index contributed by atoms with van der Waals surface area (Å²) in [6, 6.07) is 2.02. The van der Waals surface area contributed by atoms with Gasteiger partial charge in [0.1, 0.15) is 0 Å². The highest BCUT2D eigenvalue weighted by atomic mass is 16.1. The van der Waals surface area contributed by atoms with Gasteiger partial charge in [-0.3, -0.25) is 4.79 Å². The molecule has 0 spiro atoms. The van der Waals surface area contributed by atoms with Crippen molar-refractivity contribution in [1.82, 2.24) is 4.57 Å². The molecule has 1 saturated carbocycles. The first-order valence-electron chi connectivity index (χ1n) is 6.56. The number of hydrogen-bond donors (Lipinski definition) is 0. The van der Waals surface area contributed by atoms with E-state index in [1.54, 1.807) is 0 Å². The van der Waals surface area contributed by atoms with Crippen molar-refractivity contribution in [3.8, 4) is 0 Å². The summed E-state index contributed by atoms with van der Waals surface area (Å²) in [4.78, 5) is 11.7. The van der Waals surface area contributed by atoms with Crippen LogP contribution in [0.4, 0.5) is 0 Å². The van der Waals surface area contributed by atoms with Crippen LogP contribution in [0.2, 0.25) is 0 Å². The first kappa shape index (κ1) is 10.1. The molecule has 1 fully saturated rings. The molecule has 2 heteroatoms. The molecule has 0 unspecified atom stereocenters. The van der Waals surface area contributed by atoms with Crippen molar-refractivity contribution in [2.45, 2.75) is 51.5 Å². The van der Waals surface area contributed by atoms with Gasteiger partial charge in [0.05, 0.1) is 0 Å². The largest absolute Gasteiger partial charge is 0.351 e. The lowest BCUT2D eigenvalue weighted by Crippen LogP contribution is -2.13. The summed E-state index contributed by atoms with van der Waals surface area (Å²) in [5, 5.41) is 0. The molecule has 0 aromatic carbocycles. The molecule has 1 heterocycles. The molecular formula is C14H19NO. The molecule has 2 nitrogen and oxygen atoms in total. The zero-order chi connectivity index (χ0) is 11.0. The van der Waals surface area contributed by atoms with Gasteiger partial charge in [-0.15, -0.1) is 0 Å². The number of fused-ring (bicyclic) bond motifs is 1. The number of Topliss-reactive ketones (excluding diaryl/α,β-unsaturated/α-hetero) is 1. The maximum atomic E-state index is 11.7. The highest BCUT2D eigenvalue weighted by Gasteiger charge is 2.22. The van der Waals surface area contributed by atoms with Crippen molar-refractivity contribution in [3.05, 3.63) is 23.5 Å². The number of nitrogens with zero attached hydrogens (tertiary/aromatic N) is 1. The molecule has 0 radical (unpaired) electrons. The summed E-state index contributed by atoms with van der Waals surface area (Å²) in [5.41, 5.74) is 2.30. The van der Waals surface area contributed by atoms with Crippen molar-refractivity contribution in [2.24, 2.45) is 5.92 Å². The van der Waals surface area contributed by atoms with E-state index in [1.807, 2.05) is 6.07 Å². The molecule has 2 aliphatic rings. The molecule has 86 valence electrons. The van der Waals surface area contributed by atoms with Gasteiger partial charge < -0.3 is 4.57 Å². The molecule has 0 atom stereocenters. The zero-order valence-electron chi connectivity index (χ0n) is 9.74. The van der Waals surface area contributed by atoms with Gasteiger partial charge in [-0.05, 0) is 37.7 Å². The van der Waals surface area contributed by atoms with Gasteiger partial charge in [-0.2, -0.15) is 0 Å². The van der Waals surface area contributed by atoms with Crippen LogP contribution in [-0.4, -0.2) is 10.4 Å². The van der Waals surface area contributed by atoms with Crippen LogP contribution in [0, 0.1) is 5.92 Å². The molecule has 16 heavy (non-hydrogen) atoms. The number of ketones is 1. The minimum Gasteiger partial charge on any atom is -0.351 e. The molecule has 1 aromatic heterocycles. The summed E-state index contributed by atoms with van der Waals surface area (Å²) < 4.78 is 2.31. The summed E-state index contributed by atoms with van der Waals surface area (Å²) in [6.45, 7) is 1.11. The third-order valence-electron chi connectivity index (χ3n) is 3.90. The highest BCUT2D eigenvalue weighted by molar-refractivity contribution is 5.98. The first-order valence-corrected chi connectivity index (χ1v) is 6.56. The number of carbonyl (C=O) groups excluding carboxylic acids is 1. The second-order valence-electron chi connectivity index (χ2n) is 5.23. The molecule has 0 N–H and O–H groups in total. The molecular weight excluding hydrogens is 198 g/mol. The van der Waals surface area contributed by atoms with Gasteiger partial charge in [0, 0.05) is 30.4 Å². The van der Waals surface area contributed by atoms with Crippen LogP contribution >= 0.6 is 0 Å². The van der Waals surface area contributed by atoms with E-state index in [-0.39, 0.29) is 0 Å². The van der Waals surface area contributed by atoms with Crippen LogP contribution in [0.1, 0.15) is 54.6 Å². The fraction of sp³-hybridized carbons (Fsp3) is 0.643. The van der Waals surface area contributed by atoms with Gasteiger partial charge in [-0.25, -0.2) is 0 Å². The van der Waals surface area contributed by atoms with Gasteiger partial charge >= 0.3 is 0 Å². The van der Waals surface area contributed by atoms with Crippen LogP contribution < -0.4 is 0 Å². The Balaban J connectivity index is 1.67. The van der Waals surface area contributed by atoms with Gasteiger partial charge in [0.2, 0.25) is 0 Å². The Labute approximate surface area is 96.6 Å². The van der Waals surface area contributed by atoms with Crippen LogP contribution in [0.3, 0.4) is 0 Å². The molecule has 0 saturated heterocycles. The normalized spacial score (nSPS) is 19.9. The number of aryl methyl sites for hydroxylation is 1. The second kappa shape index (κ2) is 4.08. The van der Waals surface area contributed by atoms with E-state index < -0.39 is 0 Å². The predicted octanol–water partition coefficient (Wildman–Crippen LogP) is 3.20. The zero-order valence-corrected chi connectivity index (χ0v) is 9.74. The van der Waals surface area contributed by atoms with E-state index in [2.05, 4.69) is 10.8 Å². The number of aromatic nitrogens is 1. The minimum atomic E-state index is 0.349. The standard InChI is InChI=1S/C14H19NO/c16-14-5-1-4-13-12(14)8-10-15(13)9-2-3-11-6-7-11/h8,10-11H,1-7,9H2. The Bertz CT molecular complexity index is 401. The summed E-state index contributed by atoms with van der Waals surface area (Å²) >= 11 is 0. The lowest BCUT2D eigenvalue weighted by Gasteiger charge is -2.14. The average Bonchev–Trinajstić information content (AvgIpc) is 3.00. The third-order valence-corrected chi connectivity index (χ3v) is 3.90. The fourth-order valence-electron chi connectivity index (χ4n) is 2.75. The van der Waals surface area contributed by atoms with E-state index in [9.17, 15) is 4.79 Å². The fourth-order valence-corrected chi connectivity index (χ4v) is 2.75. The SMILES string of the molecule is O=C1CCCc2c1ccn2CCCC1CC1. The Morgan fingerprint density at radius 1 is 1.31 bits per heavy atom. The molecule has 3 rings (SSSR count). The summed E-state index contributed by atoms with van der Waals surface area (Å²) in [6.07, 6.45) is 10.5. The lowest BCUT2D eigenvalue weighted by molar-refractivity contribution is 0.0971. The molecule has 2 aliphatic carbocycles. The van der Waals surface area contributed by atoms with Crippen LogP contribution in [-0.2, 0) is 13.0 Å². The second-order valence-corrected chi connectivity index (χ2v) is 5.23. The topological polar surface area (TPSA) is 22.0 Å². The van der Waals surface area contributed by atoms with Crippen molar-refractivity contribution in [1.29, 1.82) is 0 Å². The van der Waals surface area contributed by atoms with Gasteiger partial charge in [-0.1, -0.05) is 12.8 Å².